The van der Waals surface area contributed by atoms with E-state index in [1.54, 1.807) is 33.8 Å². The Morgan fingerprint density at radius 3 is 2.22 bits per heavy atom. The van der Waals surface area contributed by atoms with Crippen LogP contribution < -0.4 is 16.1 Å². The number of ether oxygens (including phenoxy) is 2. The minimum Gasteiger partial charge on any atom is -0.460 e. The minimum atomic E-state index is -2.39. The number of hydrogen-bond donors (Lipinski definition) is 3. The van der Waals surface area contributed by atoms with Gasteiger partial charge >= 0.3 is 11.9 Å². The summed E-state index contributed by atoms with van der Waals surface area (Å²) in [6.45, 7) is 22.3. The fraction of sp³-hybridized carbons (Fsp3) is 0.610. The lowest BCUT2D eigenvalue weighted by Crippen LogP contribution is -2.61. The van der Waals surface area contributed by atoms with Crippen LogP contribution in [0.25, 0.3) is 17.0 Å². The third kappa shape index (κ3) is 13.4. The number of benzene rings is 1. The van der Waals surface area contributed by atoms with Crippen molar-refractivity contribution in [1.82, 2.24) is 26.1 Å². The average molecular weight is 885 g/mol. The molecule has 3 amide bonds. The van der Waals surface area contributed by atoms with Gasteiger partial charge in [0.25, 0.3) is 5.91 Å². The van der Waals surface area contributed by atoms with E-state index in [4.69, 9.17) is 53.7 Å². The molecular weight excluding hydrogens is 825 g/mol. The number of nitrogens with zero attached hydrogens (tertiary/aromatic N) is 2. The molecule has 0 saturated carbocycles. The molecule has 2 aromatic rings. The Morgan fingerprint density at radius 1 is 1.00 bits per heavy atom. The van der Waals surface area contributed by atoms with Gasteiger partial charge in [0, 0.05) is 18.9 Å². The SMILES string of the molecule is CC(=O)O[C@H](C)c1ccc2ccc(/C=C/C(C)(C(=O)N[C@H](C(=O)NC(C)C(=O)N3CCC[C@@H](C(=O)OCC(Cl)(Cl)Cl)N3)C(C)C)[C@H](C)O[Si](C)(C)C(C)(C)C)cc2n1. The largest absolute Gasteiger partial charge is 0.460 e. The lowest BCUT2D eigenvalue weighted by atomic mass is 9.82. The molecule has 1 fully saturated rings. The predicted octanol–water partition coefficient (Wildman–Crippen LogP) is 7.34. The first-order chi connectivity index (χ1) is 26.6. The molecule has 17 heteroatoms. The van der Waals surface area contributed by atoms with Crippen molar-refractivity contribution in [3.63, 3.8) is 0 Å². The normalized spacial score (nSPS) is 18.6. The fourth-order valence-electron chi connectivity index (χ4n) is 5.99. The molecule has 1 aliphatic heterocycles. The van der Waals surface area contributed by atoms with Crippen molar-refractivity contribution in [2.24, 2.45) is 11.3 Å². The Bertz CT molecular complexity index is 1850. The van der Waals surface area contributed by atoms with E-state index < -0.39 is 84.1 Å². The van der Waals surface area contributed by atoms with Crippen molar-refractivity contribution in [1.29, 1.82) is 0 Å². The minimum absolute atomic E-state index is 0.148. The van der Waals surface area contributed by atoms with Crippen molar-refractivity contribution in [3.8, 4) is 0 Å². The molecular formula is C41H60Cl3N5O8Si. The maximum atomic E-state index is 14.6. The maximum absolute atomic E-state index is 14.6. The zero-order chi connectivity index (χ0) is 44.0. The maximum Gasteiger partial charge on any atom is 0.325 e. The van der Waals surface area contributed by atoms with E-state index >= 15 is 0 Å². The van der Waals surface area contributed by atoms with Gasteiger partial charge < -0.3 is 24.5 Å². The molecule has 58 heavy (non-hydrogen) atoms. The van der Waals surface area contributed by atoms with Gasteiger partial charge in [0.15, 0.2) is 8.32 Å². The van der Waals surface area contributed by atoms with E-state index in [9.17, 15) is 24.0 Å². The first kappa shape index (κ1) is 49.1. The predicted molar refractivity (Wildman–Crippen MR) is 230 cm³/mol. The molecule has 0 bridgehead atoms. The average Bonchev–Trinajstić information content (AvgIpc) is 3.12. The van der Waals surface area contributed by atoms with Gasteiger partial charge in [-0.25, -0.2) is 10.4 Å². The third-order valence-corrected chi connectivity index (χ3v) is 15.7. The van der Waals surface area contributed by atoms with E-state index in [2.05, 4.69) is 49.9 Å². The van der Waals surface area contributed by atoms with Crippen molar-refractivity contribution in [2.75, 3.05) is 13.2 Å². The van der Waals surface area contributed by atoms with Crippen LogP contribution in [0.5, 0.6) is 0 Å². The summed E-state index contributed by atoms with van der Waals surface area (Å²) in [5.74, 6) is -2.91. The zero-order valence-electron chi connectivity index (χ0n) is 35.6. The van der Waals surface area contributed by atoms with Crippen LogP contribution >= 0.6 is 34.8 Å². The van der Waals surface area contributed by atoms with E-state index in [1.165, 1.54) is 18.9 Å². The molecule has 1 aromatic carbocycles. The van der Waals surface area contributed by atoms with E-state index in [1.807, 2.05) is 43.3 Å². The monoisotopic (exact) mass is 883 g/mol. The lowest BCUT2D eigenvalue weighted by Gasteiger charge is -2.43. The van der Waals surface area contributed by atoms with Gasteiger partial charge in [0.05, 0.1) is 22.7 Å². The van der Waals surface area contributed by atoms with Gasteiger partial charge in [-0.15, -0.1) is 0 Å². The number of carbonyl (C=O) groups is 5. The number of fused-ring (bicyclic) bond motifs is 1. The van der Waals surface area contributed by atoms with Gasteiger partial charge in [-0.3, -0.25) is 29.0 Å². The Morgan fingerprint density at radius 2 is 1.64 bits per heavy atom. The summed E-state index contributed by atoms with van der Waals surface area (Å²) in [6, 6.07) is 6.59. The number of hydrazine groups is 1. The van der Waals surface area contributed by atoms with Crippen molar-refractivity contribution < 1.29 is 37.9 Å². The molecule has 0 aliphatic carbocycles. The molecule has 1 saturated heterocycles. The van der Waals surface area contributed by atoms with Gasteiger partial charge in [-0.05, 0) is 82.3 Å². The molecule has 1 aliphatic rings. The smallest absolute Gasteiger partial charge is 0.325 e. The van der Waals surface area contributed by atoms with Gasteiger partial charge in [-0.1, -0.05) is 99.8 Å². The molecule has 13 nitrogen and oxygen atoms in total. The number of carbonyl (C=O) groups excluding carboxylic acids is 5. The Hall–Kier alpha value is -3.27. The number of nitrogens with one attached hydrogen (secondary N) is 3. The summed E-state index contributed by atoms with van der Waals surface area (Å²) in [4.78, 5) is 70.8. The van der Waals surface area contributed by atoms with E-state index in [0.29, 0.717) is 24.1 Å². The standard InChI is InChI=1S/C41H60Cl3N5O8Si/c1-24(2)34(35(51)45-25(3)36(52)49-21-13-14-32(48-49)37(53)55-23-41(42,43)44)47-38(54)40(10,27(5)57-58(11,12)39(7,8)9)20-19-29-15-16-30-17-18-31(46-33(30)22-29)26(4)56-28(6)50/h15-20,22,24-27,32,34,48H,13-14,21,23H2,1-12H3,(H,45,51)(H,47,54)/b20-19+/t25?,26-,27+,32+,34+,40?/m1/s1. The molecule has 6 atom stereocenters. The second-order valence-electron chi connectivity index (χ2n) is 17.0. The highest BCUT2D eigenvalue weighted by molar-refractivity contribution is 6.74. The summed E-state index contributed by atoms with van der Waals surface area (Å²) in [5.41, 5.74) is 3.65. The summed E-state index contributed by atoms with van der Waals surface area (Å²) >= 11 is 17.1. The van der Waals surface area contributed by atoms with E-state index in [-0.39, 0.29) is 17.5 Å². The van der Waals surface area contributed by atoms with Crippen molar-refractivity contribution >= 4 is 89.8 Å². The number of rotatable bonds is 15. The van der Waals surface area contributed by atoms with Crippen LogP contribution in [-0.2, 0) is 37.9 Å². The number of aromatic nitrogens is 1. The van der Waals surface area contributed by atoms with Gasteiger partial charge in [-0.2, -0.15) is 0 Å². The van der Waals surface area contributed by atoms with Crippen LogP contribution in [0.4, 0.5) is 0 Å². The Balaban J connectivity index is 1.87. The highest BCUT2D eigenvalue weighted by Gasteiger charge is 2.46. The molecule has 0 spiro atoms. The Labute approximate surface area is 358 Å². The van der Waals surface area contributed by atoms with E-state index in [0.717, 1.165) is 10.9 Å². The molecule has 2 heterocycles. The van der Waals surface area contributed by atoms with Crippen molar-refractivity contribution in [2.45, 2.75) is 134 Å². The van der Waals surface area contributed by atoms with Crippen LogP contribution in [0.2, 0.25) is 18.1 Å². The summed E-state index contributed by atoms with van der Waals surface area (Å²) in [6.07, 6.45) is 3.38. The number of pyridine rings is 1. The molecule has 1 aromatic heterocycles. The first-order valence-electron chi connectivity index (χ1n) is 19.5. The first-order valence-corrected chi connectivity index (χ1v) is 23.6. The number of amides is 3. The topological polar surface area (TPSA) is 165 Å². The molecule has 2 unspecified atom stereocenters. The highest BCUT2D eigenvalue weighted by atomic mass is 35.6. The quantitative estimate of drug-likeness (QED) is 0.0937. The summed E-state index contributed by atoms with van der Waals surface area (Å²) in [7, 11) is -2.39. The summed E-state index contributed by atoms with van der Waals surface area (Å²) in [5, 5.41) is 7.75. The number of hydrogen-bond acceptors (Lipinski definition) is 10. The van der Waals surface area contributed by atoms with Crippen LogP contribution in [0.15, 0.2) is 36.4 Å². The number of esters is 2. The third-order valence-electron chi connectivity index (χ3n) is 10.8. The van der Waals surface area contributed by atoms with Crippen LogP contribution in [0.3, 0.4) is 0 Å². The van der Waals surface area contributed by atoms with Crippen LogP contribution in [0, 0.1) is 11.3 Å². The lowest BCUT2D eigenvalue weighted by molar-refractivity contribution is -0.153. The van der Waals surface area contributed by atoms with Crippen LogP contribution in [0.1, 0.15) is 99.4 Å². The second kappa shape index (κ2) is 19.9. The van der Waals surface area contributed by atoms with Crippen molar-refractivity contribution in [3.05, 3.63) is 47.7 Å². The molecule has 3 N–H and O–H groups in total. The molecule has 3 rings (SSSR count). The highest BCUT2D eigenvalue weighted by Crippen LogP contribution is 2.40. The number of halogens is 3. The Kier molecular flexibility index (Phi) is 16.8. The molecule has 322 valence electrons. The fourth-order valence-corrected chi connectivity index (χ4v) is 7.64. The number of alkyl halides is 3. The molecule has 0 radical (unpaired) electrons. The van der Waals surface area contributed by atoms with Gasteiger partial charge in [0.2, 0.25) is 15.6 Å². The zero-order valence-corrected chi connectivity index (χ0v) is 38.9. The second-order valence-corrected chi connectivity index (χ2v) is 24.3. The van der Waals surface area contributed by atoms with Gasteiger partial charge in [0.1, 0.15) is 30.8 Å². The summed E-state index contributed by atoms with van der Waals surface area (Å²) < 4.78 is 15.4. The van der Waals surface area contributed by atoms with Crippen LogP contribution in [-0.4, -0.2) is 89.1 Å².